The molecule has 22 heavy (non-hydrogen) atoms. The molecular formula is C15H14Cl2N2O3. The summed E-state index contributed by atoms with van der Waals surface area (Å²) in [5.74, 6) is 1.08. The van der Waals surface area contributed by atoms with E-state index in [4.69, 9.17) is 32.7 Å². The molecule has 5 nitrogen and oxygen atoms in total. The highest BCUT2D eigenvalue weighted by molar-refractivity contribution is 6.39. The van der Waals surface area contributed by atoms with Crippen LogP contribution in [-0.2, 0) is 0 Å². The molecule has 0 heterocycles. The third-order valence-corrected chi connectivity index (χ3v) is 3.47. The van der Waals surface area contributed by atoms with Crippen LogP contribution in [0.4, 0.5) is 16.2 Å². The molecule has 0 radical (unpaired) electrons. The minimum atomic E-state index is -0.470. The number of halogens is 2. The average molecular weight is 341 g/mol. The molecule has 0 saturated heterocycles. The predicted molar refractivity (Wildman–Crippen MR) is 88.6 cm³/mol. The second kappa shape index (κ2) is 7.24. The average Bonchev–Trinajstić information content (AvgIpc) is 2.51. The van der Waals surface area contributed by atoms with E-state index in [1.165, 1.54) is 14.2 Å². The molecule has 0 aromatic heterocycles. The van der Waals surface area contributed by atoms with Crippen molar-refractivity contribution in [3.63, 3.8) is 0 Å². The quantitative estimate of drug-likeness (QED) is 0.851. The van der Waals surface area contributed by atoms with Gasteiger partial charge in [-0.05, 0) is 24.3 Å². The molecule has 2 aromatic carbocycles. The first-order chi connectivity index (χ1) is 10.5. The normalized spacial score (nSPS) is 10.0. The largest absolute Gasteiger partial charge is 0.493 e. The van der Waals surface area contributed by atoms with Crippen LogP contribution < -0.4 is 20.1 Å². The van der Waals surface area contributed by atoms with Crippen LogP contribution in [0.25, 0.3) is 0 Å². The van der Waals surface area contributed by atoms with Gasteiger partial charge in [-0.1, -0.05) is 29.3 Å². The lowest BCUT2D eigenvalue weighted by molar-refractivity contribution is 0.262. The number of urea groups is 1. The maximum Gasteiger partial charge on any atom is 0.323 e. The molecule has 0 bridgehead atoms. The van der Waals surface area contributed by atoms with E-state index < -0.39 is 6.03 Å². The number of hydrogen-bond acceptors (Lipinski definition) is 3. The lowest BCUT2D eigenvalue weighted by Crippen LogP contribution is -2.19. The summed E-state index contributed by atoms with van der Waals surface area (Å²) < 4.78 is 10.3. The van der Waals surface area contributed by atoms with E-state index in [1.807, 2.05) is 0 Å². The summed E-state index contributed by atoms with van der Waals surface area (Å²) in [6, 6.07) is 9.53. The van der Waals surface area contributed by atoms with Gasteiger partial charge in [-0.3, -0.25) is 0 Å². The van der Waals surface area contributed by atoms with Crippen molar-refractivity contribution >= 4 is 40.6 Å². The van der Waals surface area contributed by atoms with Gasteiger partial charge in [0.25, 0.3) is 0 Å². The minimum absolute atomic E-state index is 0.351. The zero-order valence-electron chi connectivity index (χ0n) is 11.9. The fourth-order valence-electron chi connectivity index (χ4n) is 1.81. The van der Waals surface area contributed by atoms with Crippen LogP contribution in [-0.4, -0.2) is 20.3 Å². The number of methoxy groups -OCH3 is 2. The zero-order valence-corrected chi connectivity index (χ0v) is 13.5. The van der Waals surface area contributed by atoms with Crippen molar-refractivity contribution in [2.24, 2.45) is 0 Å². The van der Waals surface area contributed by atoms with Crippen LogP contribution in [0.2, 0.25) is 10.0 Å². The molecule has 2 aromatic rings. The Hall–Kier alpha value is -2.11. The first-order valence-electron chi connectivity index (χ1n) is 6.29. The van der Waals surface area contributed by atoms with Crippen LogP contribution in [0.15, 0.2) is 36.4 Å². The molecular weight excluding hydrogens is 327 g/mol. The number of ether oxygens (including phenoxy) is 2. The first-order valence-corrected chi connectivity index (χ1v) is 7.04. The molecule has 2 N–H and O–H groups in total. The number of rotatable bonds is 4. The number of carbonyl (C=O) groups is 1. The Morgan fingerprint density at radius 3 is 2.18 bits per heavy atom. The Kier molecular flexibility index (Phi) is 5.35. The zero-order chi connectivity index (χ0) is 16.1. The molecule has 0 fully saturated rings. The summed E-state index contributed by atoms with van der Waals surface area (Å²) in [4.78, 5) is 12.0. The van der Waals surface area contributed by atoms with E-state index in [0.29, 0.717) is 32.9 Å². The van der Waals surface area contributed by atoms with Gasteiger partial charge < -0.3 is 20.1 Å². The van der Waals surface area contributed by atoms with Crippen LogP contribution in [0.1, 0.15) is 0 Å². The van der Waals surface area contributed by atoms with Crippen LogP contribution in [0.5, 0.6) is 11.5 Å². The number of hydrogen-bond donors (Lipinski definition) is 2. The molecule has 0 aliphatic carbocycles. The first kappa shape index (κ1) is 16.3. The van der Waals surface area contributed by atoms with Gasteiger partial charge in [-0.2, -0.15) is 0 Å². The lowest BCUT2D eigenvalue weighted by Gasteiger charge is -2.12. The highest BCUT2D eigenvalue weighted by atomic mass is 35.5. The third kappa shape index (κ3) is 3.75. The van der Waals surface area contributed by atoms with Crippen molar-refractivity contribution in [3.8, 4) is 11.5 Å². The third-order valence-electron chi connectivity index (χ3n) is 2.84. The minimum Gasteiger partial charge on any atom is -0.493 e. The van der Waals surface area contributed by atoms with Crippen molar-refractivity contribution in [1.29, 1.82) is 0 Å². The summed E-state index contributed by atoms with van der Waals surface area (Å²) in [6.07, 6.45) is 0. The van der Waals surface area contributed by atoms with Crippen molar-refractivity contribution in [3.05, 3.63) is 46.4 Å². The number of carbonyl (C=O) groups excluding carboxylic acids is 1. The molecule has 116 valence electrons. The van der Waals surface area contributed by atoms with Crippen LogP contribution >= 0.6 is 23.2 Å². The van der Waals surface area contributed by atoms with Crippen LogP contribution in [0, 0.1) is 0 Å². The molecule has 2 amide bonds. The lowest BCUT2D eigenvalue weighted by atomic mass is 10.2. The predicted octanol–water partition coefficient (Wildman–Crippen LogP) is 4.65. The Bertz CT molecular complexity index is 672. The molecule has 0 unspecified atom stereocenters. The van der Waals surface area contributed by atoms with Gasteiger partial charge in [0.1, 0.15) is 0 Å². The van der Waals surface area contributed by atoms with Crippen molar-refractivity contribution in [2.45, 2.75) is 0 Å². The number of anilines is 2. The number of para-hydroxylation sites is 1. The summed E-state index contributed by atoms with van der Waals surface area (Å²) in [6.45, 7) is 0. The van der Waals surface area contributed by atoms with Gasteiger partial charge in [-0.15, -0.1) is 0 Å². The molecule has 2 rings (SSSR count). The van der Waals surface area contributed by atoms with Gasteiger partial charge in [0.05, 0.1) is 30.0 Å². The highest BCUT2D eigenvalue weighted by Crippen LogP contribution is 2.31. The second-order valence-electron chi connectivity index (χ2n) is 4.25. The molecule has 0 spiro atoms. The maximum atomic E-state index is 12.0. The molecule has 0 saturated carbocycles. The monoisotopic (exact) mass is 340 g/mol. The number of benzene rings is 2. The van der Waals surface area contributed by atoms with Crippen molar-refractivity contribution in [2.75, 3.05) is 24.9 Å². The number of amides is 2. The van der Waals surface area contributed by atoms with E-state index in [9.17, 15) is 4.79 Å². The summed E-state index contributed by atoms with van der Waals surface area (Å²) >= 11 is 12.0. The van der Waals surface area contributed by atoms with E-state index in [0.717, 1.165) is 0 Å². The Labute approximate surface area is 138 Å². The molecule has 0 aliphatic rings. The Balaban J connectivity index is 2.12. The van der Waals surface area contributed by atoms with Gasteiger partial charge in [0.15, 0.2) is 11.5 Å². The molecule has 7 heteroatoms. The van der Waals surface area contributed by atoms with Gasteiger partial charge in [0, 0.05) is 11.8 Å². The summed E-state index contributed by atoms with van der Waals surface area (Å²) in [5, 5.41) is 5.99. The van der Waals surface area contributed by atoms with Gasteiger partial charge >= 0.3 is 6.03 Å². The van der Waals surface area contributed by atoms with E-state index in [-0.39, 0.29) is 0 Å². The Morgan fingerprint density at radius 1 is 0.955 bits per heavy atom. The standard InChI is InChI=1S/C15H14Cl2N2O3/c1-21-12-7-6-9(8-13(12)22-2)18-15(20)19-14-10(16)4-3-5-11(14)17/h3-8H,1-2H3,(H2,18,19,20). The highest BCUT2D eigenvalue weighted by Gasteiger charge is 2.11. The topological polar surface area (TPSA) is 59.6 Å². The smallest absolute Gasteiger partial charge is 0.323 e. The summed E-state index contributed by atoms with van der Waals surface area (Å²) in [7, 11) is 3.06. The fraction of sp³-hybridized carbons (Fsp3) is 0.133. The number of nitrogens with one attached hydrogen (secondary N) is 2. The van der Waals surface area contributed by atoms with E-state index >= 15 is 0 Å². The molecule has 0 atom stereocenters. The van der Waals surface area contributed by atoms with E-state index in [1.54, 1.807) is 36.4 Å². The van der Waals surface area contributed by atoms with Crippen molar-refractivity contribution < 1.29 is 14.3 Å². The van der Waals surface area contributed by atoms with Crippen molar-refractivity contribution in [1.82, 2.24) is 0 Å². The summed E-state index contributed by atoms with van der Waals surface area (Å²) in [5.41, 5.74) is 0.891. The molecule has 0 aliphatic heterocycles. The van der Waals surface area contributed by atoms with Gasteiger partial charge in [-0.25, -0.2) is 4.79 Å². The maximum absolute atomic E-state index is 12.0. The SMILES string of the molecule is COc1ccc(NC(=O)Nc2c(Cl)cccc2Cl)cc1OC. The Morgan fingerprint density at radius 2 is 1.59 bits per heavy atom. The van der Waals surface area contributed by atoms with Gasteiger partial charge in [0.2, 0.25) is 0 Å². The van der Waals surface area contributed by atoms with E-state index in [2.05, 4.69) is 10.6 Å². The van der Waals surface area contributed by atoms with Crippen LogP contribution in [0.3, 0.4) is 0 Å². The second-order valence-corrected chi connectivity index (χ2v) is 5.06. The fourth-order valence-corrected chi connectivity index (χ4v) is 2.30.